The van der Waals surface area contributed by atoms with Crippen molar-refractivity contribution in [1.82, 2.24) is 0 Å². The van der Waals surface area contributed by atoms with E-state index in [1.807, 2.05) is 6.92 Å². The number of ether oxygens (including phenoxy) is 1. The van der Waals surface area contributed by atoms with Crippen LogP contribution in [-0.4, -0.2) is 40.0 Å². The summed E-state index contributed by atoms with van der Waals surface area (Å²) in [4.78, 5) is 13.2. The Hall–Kier alpha value is -3.04. The predicted molar refractivity (Wildman–Crippen MR) is 158 cm³/mol. The van der Waals surface area contributed by atoms with Crippen molar-refractivity contribution in [2.24, 2.45) is 11.3 Å². The number of aromatic hydroxyl groups is 2. The van der Waals surface area contributed by atoms with E-state index in [2.05, 4.69) is 6.92 Å². The second kappa shape index (κ2) is 14.4. The zero-order valence-electron chi connectivity index (χ0n) is 25.7. The van der Waals surface area contributed by atoms with E-state index in [4.69, 9.17) is 4.74 Å². The molecule has 10 heteroatoms. The zero-order valence-corrected chi connectivity index (χ0v) is 25.7. The van der Waals surface area contributed by atoms with Gasteiger partial charge in [-0.25, -0.2) is 0 Å². The summed E-state index contributed by atoms with van der Waals surface area (Å²) in [5, 5.41) is 30.9. The van der Waals surface area contributed by atoms with E-state index >= 15 is 0 Å². The second-order valence-corrected chi connectivity index (χ2v) is 12.7. The van der Waals surface area contributed by atoms with Crippen LogP contribution in [0.25, 0.3) is 0 Å². The molecule has 0 saturated carbocycles. The van der Waals surface area contributed by atoms with E-state index in [0.29, 0.717) is 24.2 Å². The third kappa shape index (κ3) is 7.96. The summed E-state index contributed by atoms with van der Waals surface area (Å²) in [6.07, 6.45) is -1.51. The van der Waals surface area contributed by atoms with Gasteiger partial charge in [0, 0.05) is 23.8 Å². The first-order chi connectivity index (χ1) is 20.6. The maximum absolute atomic E-state index is 13.7. The molecule has 2 aromatic rings. The Labute approximate surface area is 256 Å². The van der Waals surface area contributed by atoms with Crippen LogP contribution in [0.5, 0.6) is 17.2 Å². The summed E-state index contributed by atoms with van der Waals surface area (Å²) in [7, 11) is 0. The maximum Gasteiger partial charge on any atom is 0.453 e. The molecular weight excluding hydrogens is 583 g/mol. The van der Waals surface area contributed by atoms with Crippen LogP contribution in [-0.2, 0) is 10.2 Å². The molecule has 0 spiro atoms. The van der Waals surface area contributed by atoms with Crippen LogP contribution in [0.3, 0.4) is 0 Å². The van der Waals surface area contributed by atoms with E-state index < -0.39 is 53.6 Å². The predicted octanol–water partition coefficient (Wildman–Crippen LogP) is 9.75. The molecule has 44 heavy (non-hydrogen) atoms. The third-order valence-electron chi connectivity index (χ3n) is 9.50. The lowest BCUT2D eigenvalue weighted by atomic mass is 9.55. The highest BCUT2D eigenvalue weighted by atomic mass is 19.4. The molecule has 3 rings (SSSR count). The van der Waals surface area contributed by atoms with Gasteiger partial charge in [-0.3, -0.25) is 4.79 Å². The average molecular weight is 629 g/mol. The number of hydrogen-bond acceptors (Lipinski definition) is 4. The Bertz CT molecular complexity index is 1230. The van der Waals surface area contributed by atoms with Gasteiger partial charge in [-0.15, -0.1) is 0 Å². The number of carboxylic acids is 1. The molecule has 246 valence electrons. The van der Waals surface area contributed by atoms with Crippen molar-refractivity contribution in [2.45, 2.75) is 115 Å². The molecule has 4 atom stereocenters. The van der Waals surface area contributed by atoms with Gasteiger partial charge < -0.3 is 20.1 Å². The molecule has 1 heterocycles. The van der Waals surface area contributed by atoms with Crippen LogP contribution in [0, 0.1) is 11.3 Å². The highest BCUT2D eigenvalue weighted by Gasteiger charge is 2.57. The monoisotopic (exact) mass is 628 g/mol. The van der Waals surface area contributed by atoms with Crippen molar-refractivity contribution in [3.05, 3.63) is 53.6 Å². The number of unbranched alkanes of at least 4 members (excludes halogenated alkanes) is 6. The van der Waals surface area contributed by atoms with E-state index in [1.54, 1.807) is 37.3 Å². The number of aliphatic carboxylic acids is 1. The Balaban J connectivity index is 2.06. The summed E-state index contributed by atoms with van der Waals surface area (Å²) in [5.41, 5.74) is -0.794. The van der Waals surface area contributed by atoms with E-state index in [1.165, 1.54) is 12.1 Å². The first-order valence-electron chi connectivity index (χ1n) is 15.5. The zero-order chi connectivity index (χ0) is 32.8. The highest BCUT2D eigenvalue weighted by molar-refractivity contribution is 5.75. The maximum atomic E-state index is 13.7. The third-order valence-corrected chi connectivity index (χ3v) is 9.50. The molecule has 0 fully saturated rings. The number of benzene rings is 2. The lowest BCUT2D eigenvalue weighted by Crippen LogP contribution is -2.49. The Morgan fingerprint density at radius 1 is 0.909 bits per heavy atom. The molecule has 0 aromatic heterocycles. The molecular formula is C34H45F5O5. The Morgan fingerprint density at radius 2 is 1.50 bits per heavy atom. The van der Waals surface area contributed by atoms with Gasteiger partial charge in [0.2, 0.25) is 0 Å². The average Bonchev–Trinajstić information content (AvgIpc) is 2.95. The van der Waals surface area contributed by atoms with Gasteiger partial charge in [0.15, 0.2) is 0 Å². The number of phenols is 2. The van der Waals surface area contributed by atoms with Gasteiger partial charge >= 0.3 is 18.1 Å². The van der Waals surface area contributed by atoms with Crippen LogP contribution >= 0.6 is 0 Å². The lowest BCUT2D eigenvalue weighted by Gasteiger charge is -2.50. The van der Waals surface area contributed by atoms with Crippen molar-refractivity contribution in [3.8, 4) is 17.2 Å². The summed E-state index contributed by atoms with van der Waals surface area (Å²) >= 11 is 0. The number of alkyl halides is 5. The number of hydrogen-bond donors (Lipinski definition) is 3. The van der Waals surface area contributed by atoms with Gasteiger partial charge in [-0.1, -0.05) is 77.0 Å². The molecule has 0 radical (unpaired) electrons. The van der Waals surface area contributed by atoms with Gasteiger partial charge in [0.25, 0.3) is 0 Å². The number of halogens is 5. The van der Waals surface area contributed by atoms with Crippen LogP contribution in [0.2, 0.25) is 0 Å². The molecule has 1 aliphatic heterocycles. The van der Waals surface area contributed by atoms with Gasteiger partial charge in [0.05, 0.1) is 12.0 Å². The molecule has 0 amide bonds. The summed E-state index contributed by atoms with van der Waals surface area (Å²) in [6.45, 7) is 5.79. The Morgan fingerprint density at radius 3 is 2.11 bits per heavy atom. The van der Waals surface area contributed by atoms with E-state index in [-0.39, 0.29) is 30.9 Å². The minimum Gasteiger partial charge on any atom is -0.508 e. The smallest absolute Gasteiger partial charge is 0.453 e. The topological polar surface area (TPSA) is 87.0 Å². The van der Waals surface area contributed by atoms with Crippen LogP contribution in [0.4, 0.5) is 22.0 Å². The summed E-state index contributed by atoms with van der Waals surface area (Å²) in [6, 6.07) is 11.3. The lowest BCUT2D eigenvalue weighted by molar-refractivity contribution is -0.284. The largest absolute Gasteiger partial charge is 0.508 e. The fourth-order valence-electron chi connectivity index (χ4n) is 6.76. The number of rotatable bonds is 16. The number of carboxylic acid groups (broad SMARTS) is 1. The first kappa shape index (κ1) is 35.4. The van der Waals surface area contributed by atoms with Crippen LogP contribution in [0.15, 0.2) is 42.5 Å². The SMILES string of the molecule is CCCCCCCCC(C1c2ccc(O)cc2OCC1(C)c1ccc(O)cc1)C(C)(CCCCC(F)(F)C(F)(F)F)C(=O)O. The van der Waals surface area contributed by atoms with E-state index in [9.17, 15) is 42.1 Å². The standard InChI is InChI=1S/C34H45F5O5/c1-4-5-6-7-8-9-12-27(31(2,30(42)43)19-10-11-20-33(35,36)34(37,38)39)29-26-18-17-25(41)21-28(26)44-22-32(29,3)23-13-15-24(40)16-14-23/h13-18,21,27,29,40-41H,4-12,19-20,22H2,1-3H3,(H,42,43). The number of phenolic OH excluding ortho intramolecular Hbond substituents is 2. The Kier molecular flexibility index (Phi) is 11.6. The molecule has 3 N–H and O–H groups in total. The molecule has 0 aliphatic carbocycles. The second-order valence-electron chi connectivity index (χ2n) is 12.7. The molecule has 0 bridgehead atoms. The van der Waals surface area contributed by atoms with E-state index in [0.717, 1.165) is 37.7 Å². The first-order valence-corrected chi connectivity index (χ1v) is 15.5. The minimum atomic E-state index is -5.66. The summed E-state index contributed by atoms with van der Waals surface area (Å²) < 4.78 is 71.9. The fourth-order valence-corrected chi connectivity index (χ4v) is 6.76. The van der Waals surface area contributed by atoms with Crippen molar-refractivity contribution in [3.63, 3.8) is 0 Å². The van der Waals surface area contributed by atoms with Gasteiger partial charge in [-0.05, 0) is 61.4 Å². The molecule has 5 nitrogen and oxygen atoms in total. The van der Waals surface area contributed by atoms with Crippen molar-refractivity contribution in [2.75, 3.05) is 6.61 Å². The van der Waals surface area contributed by atoms with Crippen LogP contribution < -0.4 is 4.74 Å². The normalized spacial score (nSPS) is 20.8. The molecule has 2 aromatic carbocycles. The quantitative estimate of drug-likeness (QED) is 0.127. The minimum absolute atomic E-state index is 0.0187. The molecule has 0 saturated heterocycles. The van der Waals surface area contributed by atoms with Crippen molar-refractivity contribution >= 4 is 5.97 Å². The van der Waals surface area contributed by atoms with Crippen LogP contribution in [0.1, 0.15) is 108 Å². The summed E-state index contributed by atoms with van der Waals surface area (Å²) in [5.74, 6) is -6.58. The number of carbonyl (C=O) groups is 1. The van der Waals surface area contributed by atoms with Crippen molar-refractivity contribution in [1.29, 1.82) is 0 Å². The number of fused-ring (bicyclic) bond motifs is 1. The molecule has 1 aliphatic rings. The fraction of sp³-hybridized carbons (Fsp3) is 0.618. The van der Waals surface area contributed by atoms with Gasteiger partial charge in [-0.2, -0.15) is 22.0 Å². The highest BCUT2D eigenvalue weighted by Crippen LogP contribution is 2.57. The van der Waals surface area contributed by atoms with Crippen molar-refractivity contribution < 1.29 is 46.8 Å². The van der Waals surface area contributed by atoms with Gasteiger partial charge in [0.1, 0.15) is 17.2 Å². The molecule has 4 unspecified atom stereocenters.